The molecule has 1 aromatic heterocycles. The van der Waals surface area contributed by atoms with Crippen LogP contribution in [0.2, 0.25) is 0 Å². The summed E-state index contributed by atoms with van der Waals surface area (Å²) in [6, 6.07) is 10.4. The standard InChI is InChI=1S/C23H24O7/c1-5-14-6-7-17-16(12-22(25)30-18(17)8-14)13-29-21(24)11-15-9-19(26-2)23(28-4)20(10-15)27-3/h6-10,12H,5,11,13H2,1-4H3. The molecule has 0 unspecified atom stereocenters. The molecule has 158 valence electrons. The minimum absolute atomic E-state index is 0.00999. The van der Waals surface area contributed by atoms with E-state index in [4.69, 9.17) is 23.4 Å². The van der Waals surface area contributed by atoms with Crippen molar-refractivity contribution in [2.24, 2.45) is 0 Å². The van der Waals surface area contributed by atoms with Gasteiger partial charge in [-0.3, -0.25) is 4.79 Å². The number of hydrogen-bond donors (Lipinski definition) is 0. The molecule has 0 amide bonds. The Bertz CT molecular complexity index is 1090. The van der Waals surface area contributed by atoms with Crippen LogP contribution in [0, 0.1) is 0 Å². The number of carbonyl (C=O) groups excluding carboxylic acids is 1. The zero-order chi connectivity index (χ0) is 21.7. The Morgan fingerprint density at radius 3 is 2.23 bits per heavy atom. The van der Waals surface area contributed by atoms with Crippen molar-refractivity contribution in [1.82, 2.24) is 0 Å². The number of benzene rings is 2. The lowest BCUT2D eigenvalue weighted by atomic mass is 10.1. The van der Waals surface area contributed by atoms with Crippen LogP contribution in [0.25, 0.3) is 11.0 Å². The molecule has 3 rings (SSSR count). The molecule has 2 aromatic carbocycles. The lowest BCUT2D eigenvalue weighted by molar-refractivity contribution is -0.144. The van der Waals surface area contributed by atoms with Gasteiger partial charge in [-0.25, -0.2) is 4.79 Å². The molecule has 0 saturated carbocycles. The molecule has 0 aliphatic rings. The predicted molar refractivity (Wildman–Crippen MR) is 111 cm³/mol. The quantitative estimate of drug-likeness (QED) is 0.412. The Kier molecular flexibility index (Phi) is 6.61. The van der Waals surface area contributed by atoms with E-state index < -0.39 is 11.6 Å². The van der Waals surface area contributed by atoms with Gasteiger partial charge in [0.2, 0.25) is 5.75 Å². The van der Waals surface area contributed by atoms with Gasteiger partial charge in [0.05, 0.1) is 27.8 Å². The lowest BCUT2D eigenvalue weighted by Gasteiger charge is -2.14. The maximum absolute atomic E-state index is 12.4. The van der Waals surface area contributed by atoms with Crippen molar-refractivity contribution in [2.45, 2.75) is 26.4 Å². The fraction of sp³-hybridized carbons (Fsp3) is 0.304. The number of ether oxygens (including phenoxy) is 4. The molecule has 0 radical (unpaired) electrons. The summed E-state index contributed by atoms with van der Waals surface area (Å²) < 4.78 is 26.6. The average Bonchev–Trinajstić information content (AvgIpc) is 2.75. The molecule has 30 heavy (non-hydrogen) atoms. The van der Waals surface area contributed by atoms with Crippen LogP contribution in [-0.4, -0.2) is 27.3 Å². The summed E-state index contributed by atoms with van der Waals surface area (Å²) >= 11 is 0. The van der Waals surface area contributed by atoms with E-state index in [1.54, 1.807) is 12.1 Å². The summed E-state index contributed by atoms with van der Waals surface area (Å²) in [5.41, 5.74) is 2.31. The van der Waals surface area contributed by atoms with Gasteiger partial charge in [0, 0.05) is 17.0 Å². The first-order valence-electron chi connectivity index (χ1n) is 9.49. The first-order valence-corrected chi connectivity index (χ1v) is 9.49. The number of hydrogen-bond acceptors (Lipinski definition) is 7. The third-order valence-corrected chi connectivity index (χ3v) is 4.76. The summed E-state index contributed by atoms with van der Waals surface area (Å²) in [7, 11) is 4.53. The fourth-order valence-corrected chi connectivity index (χ4v) is 3.23. The van der Waals surface area contributed by atoms with Crippen molar-refractivity contribution in [3.63, 3.8) is 0 Å². The van der Waals surface area contributed by atoms with Crippen LogP contribution in [0.4, 0.5) is 0 Å². The first kappa shape index (κ1) is 21.2. The van der Waals surface area contributed by atoms with Gasteiger partial charge >= 0.3 is 11.6 Å². The molecule has 0 spiro atoms. The third-order valence-electron chi connectivity index (χ3n) is 4.76. The van der Waals surface area contributed by atoms with E-state index in [1.807, 2.05) is 25.1 Å². The smallest absolute Gasteiger partial charge is 0.336 e. The summed E-state index contributed by atoms with van der Waals surface area (Å²) in [5, 5.41) is 0.743. The molecule has 0 aliphatic carbocycles. The Morgan fingerprint density at radius 2 is 1.63 bits per heavy atom. The molecular formula is C23H24O7. The highest BCUT2D eigenvalue weighted by Crippen LogP contribution is 2.38. The highest BCUT2D eigenvalue weighted by atomic mass is 16.5. The van der Waals surface area contributed by atoms with Crippen LogP contribution < -0.4 is 19.8 Å². The van der Waals surface area contributed by atoms with Gasteiger partial charge in [0.1, 0.15) is 12.2 Å². The van der Waals surface area contributed by atoms with Crippen LogP contribution in [0.1, 0.15) is 23.6 Å². The van der Waals surface area contributed by atoms with Crippen LogP contribution in [0.3, 0.4) is 0 Å². The highest BCUT2D eigenvalue weighted by Gasteiger charge is 2.16. The fourth-order valence-electron chi connectivity index (χ4n) is 3.23. The molecule has 0 bridgehead atoms. The summed E-state index contributed by atoms with van der Waals surface area (Å²) in [5.74, 6) is 0.915. The minimum Gasteiger partial charge on any atom is -0.493 e. The lowest BCUT2D eigenvalue weighted by Crippen LogP contribution is -2.10. The second-order valence-electron chi connectivity index (χ2n) is 6.65. The van der Waals surface area contributed by atoms with E-state index in [-0.39, 0.29) is 13.0 Å². The van der Waals surface area contributed by atoms with Crippen molar-refractivity contribution in [3.05, 3.63) is 63.5 Å². The van der Waals surface area contributed by atoms with Gasteiger partial charge in [0.25, 0.3) is 0 Å². The van der Waals surface area contributed by atoms with Crippen LogP contribution in [0.15, 0.2) is 45.6 Å². The molecule has 0 saturated heterocycles. The SMILES string of the molecule is CCc1ccc2c(COC(=O)Cc3cc(OC)c(OC)c(OC)c3)cc(=O)oc2c1. The normalized spacial score (nSPS) is 10.7. The Labute approximate surface area is 174 Å². The second kappa shape index (κ2) is 9.35. The maximum Gasteiger partial charge on any atom is 0.336 e. The van der Waals surface area contributed by atoms with Crippen LogP contribution >= 0.6 is 0 Å². The van der Waals surface area contributed by atoms with E-state index >= 15 is 0 Å². The molecule has 0 aliphatic heterocycles. The van der Waals surface area contributed by atoms with Crippen molar-refractivity contribution in [2.75, 3.05) is 21.3 Å². The van der Waals surface area contributed by atoms with E-state index in [2.05, 4.69) is 0 Å². The van der Waals surface area contributed by atoms with Gasteiger partial charge in [-0.05, 0) is 35.7 Å². The number of esters is 1. The van der Waals surface area contributed by atoms with Gasteiger partial charge in [-0.15, -0.1) is 0 Å². The third kappa shape index (κ3) is 4.56. The molecule has 0 N–H and O–H groups in total. The number of fused-ring (bicyclic) bond motifs is 1. The van der Waals surface area contributed by atoms with Gasteiger partial charge < -0.3 is 23.4 Å². The van der Waals surface area contributed by atoms with E-state index in [0.29, 0.717) is 34.0 Å². The topological polar surface area (TPSA) is 84.2 Å². The number of methoxy groups -OCH3 is 3. The predicted octanol–water partition coefficient (Wildman–Crippen LogP) is 3.67. The molecule has 0 atom stereocenters. The summed E-state index contributed by atoms with van der Waals surface area (Å²) in [6.45, 7) is 1.99. The van der Waals surface area contributed by atoms with Crippen LogP contribution in [-0.2, 0) is 29.0 Å². The number of carbonyl (C=O) groups is 1. The first-order chi connectivity index (χ1) is 14.5. The molecule has 0 fully saturated rings. The molecule has 1 heterocycles. The van der Waals surface area contributed by atoms with Gasteiger partial charge in [-0.1, -0.05) is 19.1 Å². The van der Waals surface area contributed by atoms with Crippen LogP contribution in [0.5, 0.6) is 17.2 Å². The number of aryl methyl sites for hydroxylation is 1. The Morgan fingerprint density at radius 1 is 0.933 bits per heavy atom. The van der Waals surface area contributed by atoms with E-state index in [9.17, 15) is 9.59 Å². The zero-order valence-corrected chi connectivity index (χ0v) is 17.4. The van der Waals surface area contributed by atoms with Gasteiger partial charge in [0.15, 0.2) is 11.5 Å². The number of rotatable bonds is 8. The van der Waals surface area contributed by atoms with E-state index in [0.717, 1.165) is 17.4 Å². The maximum atomic E-state index is 12.4. The minimum atomic E-state index is -0.480. The highest BCUT2D eigenvalue weighted by molar-refractivity contribution is 5.81. The van der Waals surface area contributed by atoms with E-state index in [1.165, 1.54) is 27.4 Å². The largest absolute Gasteiger partial charge is 0.493 e. The zero-order valence-electron chi connectivity index (χ0n) is 17.4. The molecular weight excluding hydrogens is 388 g/mol. The average molecular weight is 412 g/mol. The monoisotopic (exact) mass is 412 g/mol. The van der Waals surface area contributed by atoms with Crippen molar-refractivity contribution in [3.8, 4) is 17.2 Å². The molecule has 7 heteroatoms. The summed E-state index contributed by atoms with van der Waals surface area (Å²) in [6.07, 6.45) is 0.837. The molecule has 3 aromatic rings. The van der Waals surface area contributed by atoms with Crippen molar-refractivity contribution < 1.29 is 28.2 Å². The Balaban J connectivity index is 1.77. The van der Waals surface area contributed by atoms with Crippen molar-refractivity contribution >= 4 is 16.9 Å². The molecule has 7 nitrogen and oxygen atoms in total. The van der Waals surface area contributed by atoms with Crippen molar-refractivity contribution in [1.29, 1.82) is 0 Å². The van der Waals surface area contributed by atoms with Gasteiger partial charge in [-0.2, -0.15) is 0 Å². The second-order valence-corrected chi connectivity index (χ2v) is 6.65. The summed E-state index contributed by atoms with van der Waals surface area (Å²) in [4.78, 5) is 24.3. The Hall–Kier alpha value is -3.48.